The minimum absolute atomic E-state index is 0.156. The fourth-order valence-corrected chi connectivity index (χ4v) is 2.50. The first-order valence-electron chi connectivity index (χ1n) is 6.17. The number of rotatable bonds is 4. The minimum atomic E-state index is -0.225. The zero-order valence-corrected chi connectivity index (χ0v) is 12.0. The van der Waals surface area contributed by atoms with Crippen LogP contribution in [0.5, 0.6) is 5.75 Å². The number of benzene rings is 1. The third kappa shape index (κ3) is 3.33. The summed E-state index contributed by atoms with van der Waals surface area (Å²) < 4.78 is 11.6. The lowest BCUT2D eigenvalue weighted by Crippen LogP contribution is -2.29. The van der Waals surface area contributed by atoms with E-state index in [1.54, 1.807) is 7.11 Å². The van der Waals surface area contributed by atoms with Crippen LogP contribution in [0.15, 0.2) is 22.7 Å². The molecule has 1 aliphatic rings. The van der Waals surface area contributed by atoms with Crippen molar-refractivity contribution in [2.45, 2.75) is 31.8 Å². The van der Waals surface area contributed by atoms with Gasteiger partial charge in [0.05, 0.1) is 7.11 Å². The molecule has 0 amide bonds. The summed E-state index contributed by atoms with van der Waals surface area (Å²) in [6, 6.07) is 5.67. The van der Waals surface area contributed by atoms with Gasteiger partial charge >= 0.3 is 0 Å². The highest BCUT2D eigenvalue weighted by atomic mass is 79.9. The predicted octanol–water partition coefficient (Wildman–Crippen LogP) is 3.14. The van der Waals surface area contributed by atoms with Gasteiger partial charge in [-0.05, 0) is 43.0 Å². The molecule has 1 aromatic carbocycles. The van der Waals surface area contributed by atoms with Crippen LogP contribution >= 0.6 is 15.9 Å². The van der Waals surface area contributed by atoms with Crippen LogP contribution in [0.4, 0.5) is 0 Å². The Morgan fingerprint density at radius 3 is 3.00 bits per heavy atom. The third-order valence-corrected chi connectivity index (χ3v) is 3.93. The van der Waals surface area contributed by atoms with E-state index in [0.717, 1.165) is 35.0 Å². The highest BCUT2D eigenvalue weighted by molar-refractivity contribution is 9.10. The van der Waals surface area contributed by atoms with Crippen LogP contribution in [0.1, 0.15) is 24.8 Å². The standard InChI is InChI=1S/C14H17BrO3/c1-17-11-5-6-12(15)10(8-11)9-13(16)14-4-2-3-7-18-14/h5-6,8,14H,2-4,7,9H2,1H3. The Morgan fingerprint density at radius 1 is 1.50 bits per heavy atom. The molecule has 98 valence electrons. The van der Waals surface area contributed by atoms with Gasteiger partial charge in [-0.15, -0.1) is 0 Å². The molecule has 0 aliphatic carbocycles. The van der Waals surface area contributed by atoms with E-state index < -0.39 is 0 Å². The fourth-order valence-electron chi connectivity index (χ4n) is 2.11. The summed E-state index contributed by atoms with van der Waals surface area (Å²) in [6.45, 7) is 0.704. The van der Waals surface area contributed by atoms with Gasteiger partial charge < -0.3 is 9.47 Å². The maximum absolute atomic E-state index is 12.1. The number of methoxy groups -OCH3 is 1. The number of ketones is 1. The Balaban J connectivity index is 2.05. The number of ether oxygens (including phenoxy) is 2. The molecule has 3 nitrogen and oxygen atoms in total. The van der Waals surface area contributed by atoms with Crippen molar-refractivity contribution in [2.75, 3.05) is 13.7 Å². The normalized spacial score (nSPS) is 19.6. The van der Waals surface area contributed by atoms with Crippen LogP contribution in [-0.4, -0.2) is 25.6 Å². The molecule has 0 bridgehead atoms. The number of carbonyl (C=O) groups is 1. The van der Waals surface area contributed by atoms with Crippen molar-refractivity contribution in [3.05, 3.63) is 28.2 Å². The van der Waals surface area contributed by atoms with Crippen LogP contribution in [0.2, 0.25) is 0 Å². The quantitative estimate of drug-likeness (QED) is 0.857. The fraction of sp³-hybridized carbons (Fsp3) is 0.500. The summed E-state index contributed by atoms with van der Waals surface area (Å²) in [5.41, 5.74) is 0.952. The van der Waals surface area contributed by atoms with E-state index >= 15 is 0 Å². The monoisotopic (exact) mass is 312 g/mol. The number of Topliss-reactive ketones (excluding diaryl/α,β-unsaturated/α-hetero) is 1. The number of hydrogen-bond donors (Lipinski definition) is 0. The van der Waals surface area contributed by atoms with Crippen LogP contribution < -0.4 is 4.74 Å². The molecule has 1 saturated heterocycles. The minimum Gasteiger partial charge on any atom is -0.497 e. The summed E-state index contributed by atoms with van der Waals surface area (Å²) in [7, 11) is 1.62. The Kier molecular flexibility index (Phi) is 4.78. The molecule has 1 fully saturated rings. The molecule has 18 heavy (non-hydrogen) atoms. The molecular formula is C14H17BrO3. The first-order chi connectivity index (χ1) is 8.70. The van der Waals surface area contributed by atoms with E-state index in [9.17, 15) is 4.79 Å². The maximum Gasteiger partial charge on any atom is 0.165 e. The molecule has 1 atom stereocenters. The average molecular weight is 313 g/mol. The van der Waals surface area contributed by atoms with Crippen molar-refractivity contribution >= 4 is 21.7 Å². The average Bonchev–Trinajstić information content (AvgIpc) is 2.42. The van der Waals surface area contributed by atoms with E-state index in [-0.39, 0.29) is 11.9 Å². The Hall–Kier alpha value is -0.870. The molecule has 0 N–H and O–H groups in total. The Labute approximate surface area is 116 Å². The highest BCUT2D eigenvalue weighted by Gasteiger charge is 2.22. The zero-order chi connectivity index (χ0) is 13.0. The van der Waals surface area contributed by atoms with Gasteiger partial charge in [0.1, 0.15) is 11.9 Å². The lowest BCUT2D eigenvalue weighted by molar-refractivity contribution is -0.132. The van der Waals surface area contributed by atoms with Gasteiger partial charge in [0.15, 0.2) is 5.78 Å². The number of hydrogen-bond acceptors (Lipinski definition) is 3. The van der Waals surface area contributed by atoms with Crippen molar-refractivity contribution < 1.29 is 14.3 Å². The molecule has 0 aromatic heterocycles. The molecule has 1 aliphatic heterocycles. The third-order valence-electron chi connectivity index (χ3n) is 3.16. The summed E-state index contributed by atoms with van der Waals surface area (Å²) >= 11 is 3.46. The van der Waals surface area contributed by atoms with Gasteiger partial charge in [0, 0.05) is 17.5 Å². The van der Waals surface area contributed by atoms with Crippen LogP contribution in [0.3, 0.4) is 0 Å². The molecule has 1 aromatic rings. The van der Waals surface area contributed by atoms with Gasteiger partial charge in [-0.2, -0.15) is 0 Å². The Morgan fingerprint density at radius 2 is 2.33 bits per heavy atom. The molecule has 4 heteroatoms. The van der Waals surface area contributed by atoms with E-state index in [4.69, 9.17) is 9.47 Å². The zero-order valence-electron chi connectivity index (χ0n) is 10.4. The second kappa shape index (κ2) is 6.34. The summed E-state index contributed by atoms with van der Waals surface area (Å²) in [5.74, 6) is 0.925. The molecule has 1 unspecified atom stereocenters. The second-order valence-electron chi connectivity index (χ2n) is 4.46. The molecule has 0 saturated carbocycles. The molecule has 0 radical (unpaired) electrons. The van der Waals surface area contributed by atoms with Crippen LogP contribution in [-0.2, 0) is 16.0 Å². The topological polar surface area (TPSA) is 35.5 Å². The van der Waals surface area contributed by atoms with Crippen molar-refractivity contribution in [3.8, 4) is 5.75 Å². The predicted molar refractivity (Wildman–Crippen MR) is 73.0 cm³/mol. The van der Waals surface area contributed by atoms with Gasteiger partial charge in [-0.1, -0.05) is 15.9 Å². The Bertz CT molecular complexity index is 425. The first kappa shape index (κ1) is 13.6. The molecule has 0 spiro atoms. The van der Waals surface area contributed by atoms with Crippen molar-refractivity contribution in [2.24, 2.45) is 0 Å². The van der Waals surface area contributed by atoms with E-state index in [1.807, 2.05) is 18.2 Å². The summed E-state index contributed by atoms with van der Waals surface area (Å²) in [6.07, 6.45) is 3.16. The summed E-state index contributed by atoms with van der Waals surface area (Å²) in [4.78, 5) is 12.1. The maximum atomic E-state index is 12.1. The van der Waals surface area contributed by atoms with Crippen molar-refractivity contribution in [1.29, 1.82) is 0 Å². The smallest absolute Gasteiger partial charge is 0.165 e. The van der Waals surface area contributed by atoms with Gasteiger partial charge in [-0.3, -0.25) is 4.79 Å². The van der Waals surface area contributed by atoms with Gasteiger partial charge in [0.25, 0.3) is 0 Å². The highest BCUT2D eigenvalue weighted by Crippen LogP contribution is 2.24. The molecule has 1 heterocycles. The van der Waals surface area contributed by atoms with Crippen LogP contribution in [0.25, 0.3) is 0 Å². The number of halogens is 1. The largest absolute Gasteiger partial charge is 0.497 e. The van der Waals surface area contributed by atoms with E-state index in [0.29, 0.717) is 13.0 Å². The lowest BCUT2D eigenvalue weighted by Gasteiger charge is -2.21. The SMILES string of the molecule is COc1ccc(Br)c(CC(=O)C2CCCCO2)c1. The van der Waals surface area contributed by atoms with Gasteiger partial charge in [0.2, 0.25) is 0 Å². The first-order valence-corrected chi connectivity index (χ1v) is 6.96. The van der Waals surface area contributed by atoms with E-state index in [1.165, 1.54) is 0 Å². The van der Waals surface area contributed by atoms with E-state index in [2.05, 4.69) is 15.9 Å². The summed E-state index contributed by atoms with van der Waals surface area (Å²) in [5, 5.41) is 0. The number of carbonyl (C=O) groups excluding carboxylic acids is 1. The lowest BCUT2D eigenvalue weighted by atomic mass is 10.00. The van der Waals surface area contributed by atoms with Crippen LogP contribution in [0, 0.1) is 0 Å². The van der Waals surface area contributed by atoms with Crippen molar-refractivity contribution in [3.63, 3.8) is 0 Å². The van der Waals surface area contributed by atoms with Gasteiger partial charge in [-0.25, -0.2) is 0 Å². The van der Waals surface area contributed by atoms with Crippen molar-refractivity contribution in [1.82, 2.24) is 0 Å². The molecule has 2 rings (SSSR count). The molecular weight excluding hydrogens is 296 g/mol. The second-order valence-corrected chi connectivity index (χ2v) is 5.31.